The molecule has 1 saturated carbocycles. The molecule has 1 heterocycles. The largest absolute Gasteiger partial charge is 0.480 e. The molecule has 2 aliphatic carbocycles. The summed E-state index contributed by atoms with van der Waals surface area (Å²) in [5.41, 5.74) is 4.73. The van der Waals surface area contributed by atoms with Crippen LogP contribution in [0.3, 0.4) is 0 Å². The number of benzene rings is 2. The summed E-state index contributed by atoms with van der Waals surface area (Å²) in [6.07, 6.45) is 2.03. The molecule has 0 spiro atoms. The van der Waals surface area contributed by atoms with Crippen LogP contribution in [0.2, 0.25) is 0 Å². The number of hydrogen-bond donors (Lipinski definition) is 2. The van der Waals surface area contributed by atoms with Gasteiger partial charge in [0.1, 0.15) is 12.6 Å². The number of carbonyl (C=O) groups excluding carboxylic acids is 2. The molecule has 1 aliphatic heterocycles. The predicted molar refractivity (Wildman–Crippen MR) is 126 cm³/mol. The monoisotopic (exact) mass is 462 g/mol. The van der Waals surface area contributed by atoms with Gasteiger partial charge in [0, 0.05) is 24.9 Å². The SMILES string of the molecule is CC1CCN(C(=O)CC2CC(NC(=O)OCC3c4ccccc4-c4ccccc43)C2)C1C(=O)O. The zero-order valence-corrected chi connectivity index (χ0v) is 19.3. The van der Waals surface area contributed by atoms with Gasteiger partial charge in [-0.3, -0.25) is 4.79 Å². The topological polar surface area (TPSA) is 95.9 Å². The number of nitrogens with zero attached hydrogens (tertiary/aromatic N) is 1. The van der Waals surface area contributed by atoms with Crippen LogP contribution in [0.15, 0.2) is 48.5 Å². The Morgan fingerprint density at radius 2 is 1.65 bits per heavy atom. The number of carboxylic acids is 1. The first-order valence-corrected chi connectivity index (χ1v) is 12.1. The first-order valence-electron chi connectivity index (χ1n) is 12.1. The third kappa shape index (κ3) is 4.15. The van der Waals surface area contributed by atoms with Crippen molar-refractivity contribution in [2.75, 3.05) is 13.2 Å². The van der Waals surface area contributed by atoms with Crippen LogP contribution in [0.25, 0.3) is 11.1 Å². The van der Waals surface area contributed by atoms with Gasteiger partial charge in [-0.15, -0.1) is 0 Å². The van der Waals surface area contributed by atoms with Crippen molar-refractivity contribution in [1.29, 1.82) is 0 Å². The van der Waals surface area contributed by atoms with Gasteiger partial charge < -0.3 is 20.1 Å². The maximum absolute atomic E-state index is 12.6. The maximum Gasteiger partial charge on any atom is 0.407 e. The molecule has 2 aromatic carbocycles. The molecule has 2 N–H and O–H groups in total. The van der Waals surface area contributed by atoms with Crippen molar-refractivity contribution in [1.82, 2.24) is 10.2 Å². The fraction of sp³-hybridized carbons (Fsp3) is 0.444. The lowest BCUT2D eigenvalue weighted by atomic mass is 9.78. The summed E-state index contributed by atoms with van der Waals surface area (Å²) in [6.45, 7) is 2.66. The van der Waals surface area contributed by atoms with Crippen molar-refractivity contribution in [3.63, 3.8) is 0 Å². The Kier molecular flexibility index (Phi) is 6.02. The van der Waals surface area contributed by atoms with Gasteiger partial charge in [-0.1, -0.05) is 55.5 Å². The van der Waals surface area contributed by atoms with Crippen molar-refractivity contribution in [2.24, 2.45) is 11.8 Å². The van der Waals surface area contributed by atoms with E-state index in [1.165, 1.54) is 27.2 Å². The van der Waals surface area contributed by atoms with Crippen LogP contribution in [-0.4, -0.2) is 53.2 Å². The fourth-order valence-corrected chi connectivity index (χ4v) is 5.79. The van der Waals surface area contributed by atoms with Gasteiger partial charge in [-0.25, -0.2) is 9.59 Å². The van der Waals surface area contributed by atoms with Gasteiger partial charge in [-0.05, 0) is 53.4 Å². The molecule has 2 fully saturated rings. The average Bonchev–Trinajstić information content (AvgIpc) is 3.34. The van der Waals surface area contributed by atoms with Crippen molar-refractivity contribution >= 4 is 18.0 Å². The van der Waals surface area contributed by atoms with Crippen molar-refractivity contribution in [3.8, 4) is 11.1 Å². The Morgan fingerprint density at radius 1 is 1.03 bits per heavy atom. The van der Waals surface area contributed by atoms with Crippen LogP contribution in [0.4, 0.5) is 4.79 Å². The molecular formula is C27H30N2O5. The summed E-state index contributed by atoms with van der Waals surface area (Å²) < 4.78 is 5.61. The third-order valence-electron chi connectivity index (χ3n) is 7.64. The summed E-state index contributed by atoms with van der Waals surface area (Å²) >= 11 is 0. The van der Waals surface area contributed by atoms with E-state index in [0.29, 0.717) is 25.8 Å². The standard InChI is InChI=1S/C27H30N2O5/c1-16-10-11-29(25(16)26(31)32)24(30)14-17-12-18(13-17)28-27(33)34-15-23-21-8-4-2-6-19(21)20-7-3-5-9-22(20)23/h2-9,16-18,23,25H,10-15H2,1H3,(H,28,33)(H,31,32). The molecule has 2 aromatic rings. The molecule has 0 bridgehead atoms. The first kappa shape index (κ1) is 22.4. The lowest BCUT2D eigenvalue weighted by Gasteiger charge is -2.36. The zero-order chi connectivity index (χ0) is 23.8. The smallest absolute Gasteiger partial charge is 0.407 e. The molecule has 3 aliphatic rings. The molecule has 7 nitrogen and oxygen atoms in total. The Balaban J connectivity index is 1.09. The lowest BCUT2D eigenvalue weighted by molar-refractivity contribution is -0.150. The molecule has 0 radical (unpaired) electrons. The highest BCUT2D eigenvalue weighted by atomic mass is 16.5. The van der Waals surface area contributed by atoms with E-state index in [4.69, 9.17) is 4.74 Å². The molecule has 2 atom stereocenters. The second-order valence-electron chi connectivity index (χ2n) is 9.84. The summed E-state index contributed by atoms with van der Waals surface area (Å²) in [4.78, 5) is 38.1. The number of aliphatic carboxylic acids is 1. The first-order chi connectivity index (χ1) is 16.4. The molecule has 0 aromatic heterocycles. The number of carboxylic acid groups (broad SMARTS) is 1. The van der Waals surface area contributed by atoms with Crippen molar-refractivity contribution < 1.29 is 24.2 Å². The molecule has 5 rings (SSSR count). The van der Waals surface area contributed by atoms with E-state index in [1.807, 2.05) is 31.2 Å². The Labute approximate surface area is 199 Å². The minimum atomic E-state index is -0.929. The zero-order valence-electron chi connectivity index (χ0n) is 19.3. The minimum absolute atomic E-state index is 0.0128. The molecule has 178 valence electrons. The number of fused-ring (bicyclic) bond motifs is 3. The Bertz CT molecular complexity index is 1060. The summed E-state index contributed by atoms with van der Waals surface area (Å²) in [5, 5.41) is 12.3. The summed E-state index contributed by atoms with van der Waals surface area (Å²) in [5.74, 6) is -0.861. The van der Waals surface area contributed by atoms with Crippen LogP contribution < -0.4 is 5.32 Å². The summed E-state index contributed by atoms with van der Waals surface area (Å²) in [7, 11) is 0. The highest BCUT2D eigenvalue weighted by Crippen LogP contribution is 2.44. The highest BCUT2D eigenvalue weighted by Gasteiger charge is 2.41. The number of ether oxygens (including phenoxy) is 1. The van der Waals surface area contributed by atoms with Crippen molar-refractivity contribution in [3.05, 3.63) is 59.7 Å². The van der Waals surface area contributed by atoms with Gasteiger partial charge in [0.2, 0.25) is 5.91 Å². The molecular weight excluding hydrogens is 432 g/mol. The Hall–Kier alpha value is -3.35. The van der Waals surface area contributed by atoms with Gasteiger partial charge in [0.25, 0.3) is 0 Å². The number of rotatable bonds is 6. The summed E-state index contributed by atoms with van der Waals surface area (Å²) in [6, 6.07) is 15.7. The minimum Gasteiger partial charge on any atom is -0.480 e. The van der Waals surface area contributed by atoms with Crippen LogP contribution >= 0.6 is 0 Å². The van der Waals surface area contributed by atoms with Crippen LogP contribution in [0.5, 0.6) is 0 Å². The quantitative estimate of drug-likeness (QED) is 0.676. The maximum atomic E-state index is 12.6. The number of likely N-dealkylation sites (tertiary alicyclic amines) is 1. The molecule has 34 heavy (non-hydrogen) atoms. The molecule has 2 unspecified atom stereocenters. The van der Waals surface area contributed by atoms with E-state index in [9.17, 15) is 19.5 Å². The number of alkyl carbamates (subject to hydrolysis) is 1. The lowest BCUT2D eigenvalue weighted by Crippen LogP contribution is -2.48. The van der Waals surface area contributed by atoms with E-state index in [1.54, 1.807) is 0 Å². The molecule has 2 amide bonds. The second-order valence-corrected chi connectivity index (χ2v) is 9.84. The van der Waals surface area contributed by atoms with E-state index >= 15 is 0 Å². The Morgan fingerprint density at radius 3 is 2.26 bits per heavy atom. The molecule has 1 saturated heterocycles. The number of nitrogens with one attached hydrogen (secondary N) is 1. The number of amides is 2. The van der Waals surface area contributed by atoms with Crippen LogP contribution in [0.1, 0.15) is 49.7 Å². The van der Waals surface area contributed by atoms with E-state index in [2.05, 4.69) is 29.6 Å². The van der Waals surface area contributed by atoms with Gasteiger partial charge in [0.05, 0.1) is 0 Å². The normalized spacial score (nSPS) is 25.3. The number of hydrogen-bond acceptors (Lipinski definition) is 4. The molecule has 7 heteroatoms. The average molecular weight is 463 g/mol. The third-order valence-corrected chi connectivity index (χ3v) is 7.64. The van der Waals surface area contributed by atoms with Gasteiger partial charge >= 0.3 is 12.1 Å². The van der Waals surface area contributed by atoms with E-state index < -0.39 is 18.1 Å². The van der Waals surface area contributed by atoms with Crippen molar-refractivity contribution in [2.45, 2.75) is 50.6 Å². The highest BCUT2D eigenvalue weighted by molar-refractivity contribution is 5.85. The van der Waals surface area contributed by atoms with E-state index in [-0.39, 0.29) is 36.3 Å². The predicted octanol–water partition coefficient (Wildman–Crippen LogP) is 4.02. The number of carbonyl (C=O) groups is 3. The van der Waals surface area contributed by atoms with Crippen LogP contribution in [0, 0.1) is 11.8 Å². The second kappa shape index (κ2) is 9.12. The van der Waals surface area contributed by atoms with Gasteiger partial charge in [-0.2, -0.15) is 0 Å². The van der Waals surface area contributed by atoms with Gasteiger partial charge in [0.15, 0.2) is 0 Å². The fourth-order valence-electron chi connectivity index (χ4n) is 5.79. The van der Waals surface area contributed by atoms with E-state index in [0.717, 1.165) is 6.42 Å². The van der Waals surface area contributed by atoms with Crippen LogP contribution in [-0.2, 0) is 14.3 Å².